The highest BCUT2D eigenvalue weighted by molar-refractivity contribution is 6.02. The number of nitrogens with one attached hydrogen (secondary N) is 1. The summed E-state index contributed by atoms with van der Waals surface area (Å²) in [5.41, 5.74) is 9.56. The van der Waals surface area contributed by atoms with Gasteiger partial charge in [-0.2, -0.15) is 0 Å². The van der Waals surface area contributed by atoms with Crippen LogP contribution in [0.25, 0.3) is 22.1 Å². The number of aromatic amines is 1. The Balaban J connectivity index is 2.64. The van der Waals surface area contributed by atoms with Gasteiger partial charge in [0.1, 0.15) is 16.6 Å². The van der Waals surface area contributed by atoms with E-state index in [-0.39, 0.29) is 0 Å². The van der Waals surface area contributed by atoms with E-state index in [4.69, 9.17) is 5.73 Å². The third-order valence-corrected chi connectivity index (χ3v) is 2.18. The van der Waals surface area contributed by atoms with Crippen LogP contribution in [0.5, 0.6) is 0 Å². The molecule has 68 valence electrons. The summed E-state index contributed by atoms with van der Waals surface area (Å²) in [6, 6.07) is 1.73. The van der Waals surface area contributed by atoms with Crippen LogP contribution in [0.15, 0.2) is 24.8 Å². The van der Waals surface area contributed by atoms with Crippen molar-refractivity contribution in [2.75, 3.05) is 5.73 Å². The number of pyridine rings is 2. The monoisotopic (exact) mass is 185 g/mol. The van der Waals surface area contributed by atoms with Gasteiger partial charge in [0, 0.05) is 6.20 Å². The van der Waals surface area contributed by atoms with Gasteiger partial charge in [-0.15, -0.1) is 0 Å². The molecule has 3 heterocycles. The Morgan fingerprint density at radius 3 is 3.00 bits per heavy atom. The minimum absolute atomic E-state index is 0.631. The molecule has 5 heteroatoms. The van der Waals surface area contributed by atoms with Crippen molar-refractivity contribution in [3.8, 4) is 0 Å². The summed E-state index contributed by atoms with van der Waals surface area (Å²) in [6.45, 7) is 0. The maximum absolute atomic E-state index is 5.78. The number of fused-ring (bicyclic) bond motifs is 3. The van der Waals surface area contributed by atoms with Gasteiger partial charge < -0.3 is 10.7 Å². The van der Waals surface area contributed by atoms with Crippen molar-refractivity contribution in [1.82, 2.24) is 19.9 Å². The van der Waals surface area contributed by atoms with Crippen LogP contribution in [0, 0.1) is 0 Å². The molecule has 3 N–H and O–H groups in total. The number of hydrogen-bond acceptors (Lipinski definition) is 4. The number of nitrogen functional groups attached to an aromatic ring is 1. The fourth-order valence-electron chi connectivity index (χ4n) is 1.51. The Morgan fingerprint density at radius 2 is 2.07 bits per heavy atom. The molecule has 5 nitrogen and oxygen atoms in total. The lowest BCUT2D eigenvalue weighted by Gasteiger charge is -1.99. The van der Waals surface area contributed by atoms with E-state index in [0.717, 1.165) is 16.6 Å². The number of hydrogen-bond donors (Lipinski definition) is 2. The van der Waals surface area contributed by atoms with Crippen molar-refractivity contribution in [1.29, 1.82) is 0 Å². The Labute approximate surface area is 79.0 Å². The van der Waals surface area contributed by atoms with Gasteiger partial charge in [0.2, 0.25) is 0 Å². The number of anilines is 1. The van der Waals surface area contributed by atoms with E-state index < -0.39 is 0 Å². The van der Waals surface area contributed by atoms with Crippen LogP contribution in [-0.2, 0) is 0 Å². The second-order valence-electron chi connectivity index (χ2n) is 3.02. The van der Waals surface area contributed by atoms with E-state index in [9.17, 15) is 0 Å². The summed E-state index contributed by atoms with van der Waals surface area (Å²) >= 11 is 0. The van der Waals surface area contributed by atoms with E-state index in [2.05, 4.69) is 19.9 Å². The first-order valence-corrected chi connectivity index (χ1v) is 4.18. The van der Waals surface area contributed by atoms with Crippen LogP contribution >= 0.6 is 0 Å². The van der Waals surface area contributed by atoms with E-state index in [1.165, 1.54) is 0 Å². The molecule has 0 amide bonds. The molecule has 0 bridgehead atoms. The van der Waals surface area contributed by atoms with Crippen LogP contribution in [0.3, 0.4) is 0 Å². The largest absolute Gasteiger partial charge is 0.397 e. The minimum Gasteiger partial charge on any atom is -0.397 e. The van der Waals surface area contributed by atoms with Gasteiger partial charge in [-0.05, 0) is 6.07 Å². The van der Waals surface area contributed by atoms with Gasteiger partial charge >= 0.3 is 0 Å². The molecule has 0 aliphatic rings. The molecule has 0 unspecified atom stereocenters. The van der Waals surface area contributed by atoms with Gasteiger partial charge in [0.05, 0.1) is 23.7 Å². The van der Waals surface area contributed by atoms with Crippen molar-refractivity contribution in [2.45, 2.75) is 0 Å². The summed E-state index contributed by atoms with van der Waals surface area (Å²) in [5.74, 6) is 0. The summed E-state index contributed by atoms with van der Waals surface area (Å²) in [6.07, 6.45) is 4.97. The van der Waals surface area contributed by atoms with Crippen LogP contribution in [0.4, 0.5) is 5.69 Å². The van der Waals surface area contributed by atoms with Crippen molar-refractivity contribution in [3.05, 3.63) is 24.8 Å². The van der Waals surface area contributed by atoms with Crippen LogP contribution < -0.4 is 5.73 Å². The predicted octanol–water partition coefficient (Wildman–Crippen LogP) is 1.09. The molecule has 3 aromatic heterocycles. The standard InChI is InChI=1S/C9H7N5/c10-5-1-2-11-9-7(5)12-3-6-8(9)14-4-13-6/h1-4H,(H2,10,11)(H,13,14). The molecule has 0 atom stereocenters. The molecule has 0 aromatic carbocycles. The molecule has 0 spiro atoms. The molecule has 0 saturated heterocycles. The smallest absolute Gasteiger partial charge is 0.116 e. The lowest BCUT2D eigenvalue weighted by atomic mass is 10.2. The molecular formula is C9H7N5. The van der Waals surface area contributed by atoms with E-state index in [1.807, 2.05) is 0 Å². The van der Waals surface area contributed by atoms with E-state index in [0.29, 0.717) is 11.2 Å². The number of H-pyrrole nitrogens is 1. The summed E-state index contributed by atoms with van der Waals surface area (Å²) in [7, 11) is 0. The Hall–Kier alpha value is -2.17. The van der Waals surface area contributed by atoms with Gasteiger partial charge in [0.25, 0.3) is 0 Å². The molecule has 0 aliphatic heterocycles. The summed E-state index contributed by atoms with van der Waals surface area (Å²) in [4.78, 5) is 15.6. The normalized spacial score (nSPS) is 11.1. The average molecular weight is 185 g/mol. The Bertz CT molecular complexity index is 613. The molecular weight excluding hydrogens is 178 g/mol. The fraction of sp³-hybridized carbons (Fsp3) is 0. The molecule has 3 aromatic rings. The van der Waals surface area contributed by atoms with Gasteiger partial charge in [-0.3, -0.25) is 9.97 Å². The molecule has 0 fully saturated rings. The maximum Gasteiger partial charge on any atom is 0.116 e. The first-order valence-electron chi connectivity index (χ1n) is 4.18. The van der Waals surface area contributed by atoms with Crippen molar-refractivity contribution in [2.24, 2.45) is 0 Å². The highest BCUT2D eigenvalue weighted by atomic mass is 14.9. The number of nitrogens with two attached hydrogens (primary N) is 1. The van der Waals surface area contributed by atoms with Crippen molar-refractivity contribution >= 4 is 27.8 Å². The summed E-state index contributed by atoms with van der Waals surface area (Å²) in [5, 5.41) is 0. The van der Waals surface area contributed by atoms with Crippen LogP contribution in [0.2, 0.25) is 0 Å². The number of imidazole rings is 1. The highest BCUT2D eigenvalue weighted by Crippen LogP contribution is 2.21. The van der Waals surface area contributed by atoms with Crippen LogP contribution in [0.1, 0.15) is 0 Å². The average Bonchev–Trinajstić information content (AvgIpc) is 2.66. The second-order valence-corrected chi connectivity index (χ2v) is 3.02. The van der Waals surface area contributed by atoms with Crippen LogP contribution in [-0.4, -0.2) is 19.9 Å². The zero-order chi connectivity index (χ0) is 9.54. The molecule has 0 aliphatic carbocycles. The number of aromatic nitrogens is 4. The van der Waals surface area contributed by atoms with Gasteiger partial charge in [-0.25, -0.2) is 4.98 Å². The Morgan fingerprint density at radius 1 is 1.14 bits per heavy atom. The van der Waals surface area contributed by atoms with Gasteiger partial charge in [-0.1, -0.05) is 0 Å². The molecule has 14 heavy (non-hydrogen) atoms. The van der Waals surface area contributed by atoms with Gasteiger partial charge in [0.15, 0.2) is 0 Å². The maximum atomic E-state index is 5.78. The Kier molecular flexibility index (Phi) is 1.25. The molecule has 0 saturated carbocycles. The third-order valence-electron chi connectivity index (χ3n) is 2.18. The minimum atomic E-state index is 0.631. The number of nitrogens with zero attached hydrogens (tertiary/aromatic N) is 3. The topological polar surface area (TPSA) is 80.5 Å². The van der Waals surface area contributed by atoms with Crippen molar-refractivity contribution < 1.29 is 0 Å². The highest BCUT2D eigenvalue weighted by Gasteiger charge is 2.06. The fourth-order valence-corrected chi connectivity index (χ4v) is 1.51. The first kappa shape index (κ1) is 7.25. The van der Waals surface area contributed by atoms with E-state index >= 15 is 0 Å². The van der Waals surface area contributed by atoms with Crippen molar-refractivity contribution in [3.63, 3.8) is 0 Å². The second kappa shape index (κ2) is 2.41. The molecule has 3 rings (SSSR count). The van der Waals surface area contributed by atoms with E-state index in [1.54, 1.807) is 24.8 Å². The zero-order valence-electron chi connectivity index (χ0n) is 7.23. The first-order chi connectivity index (χ1) is 6.86. The predicted molar refractivity (Wildman–Crippen MR) is 53.6 cm³/mol. The SMILES string of the molecule is Nc1ccnc2c1ncc1nc[nH]c12. The quantitative estimate of drug-likeness (QED) is 0.549. The molecule has 0 radical (unpaired) electrons. The lowest BCUT2D eigenvalue weighted by Crippen LogP contribution is -1.91. The zero-order valence-corrected chi connectivity index (χ0v) is 7.23. The summed E-state index contributed by atoms with van der Waals surface area (Å²) < 4.78 is 0. The lowest BCUT2D eigenvalue weighted by molar-refractivity contribution is 1.34. The third kappa shape index (κ3) is 0.806. The number of rotatable bonds is 0.